The summed E-state index contributed by atoms with van der Waals surface area (Å²) >= 11 is 0. The van der Waals surface area contributed by atoms with Crippen LogP contribution in [0.3, 0.4) is 0 Å². The lowest BCUT2D eigenvalue weighted by Crippen LogP contribution is -2.17. The molecule has 6 heteroatoms. The molecule has 0 fully saturated rings. The van der Waals surface area contributed by atoms with E-state index in [-0.39, 0.29) is 5.56 Å². The van der Waals surface area contributed by atoms with Gasteiger partial charge in [0.1, 0.15) is 5.56 Å². The smallest absolute Gasteiger partial charge is 0.341 e. The maximum absolute atomic E-state index is 11.3. The molecule has 0 amide bonds. The van der Waals surface area contributed by atoms with Crippen LogP contribution < -0.4 is 5.56 Å². The fourth-order valence-corrected chi connectivity index (χ4v) is 1.19. The first kappa shape index (κ1) is 9.20. The zero-order chi connectivity index (χ0) is 10.8. The number of aromatic nitrogens is 3. The summed E-state index contributed by atoms with van der Waals surface area (Å²) < 4.78 is 0. The quantitative estimate of drug-likeness (QED) is 0.663. The average molecular weight is 205 g/mol. The van der Waals surface area contributed by atoms with Crippen molar-refractivity contribution in [2.45, 2.75) is 0 Å². The van der Waals surface area contributed by atoms with Gasteiger partial charge in [-0.25, -0.2) is 9.78 Å². The molecule has 0 radical (unpaired) electrons. The molecule has 0 aliphatic carbocycles. The molecule has 15 heavy (non-hydrogen) atoms. The first-order valence-electron chi connectivity index (χ1n) is 4.15. The fourth-order valence-electron chi connectivity index (χ4n) is 1.19. The highest BCUT2D eigenvalue weighted by Crippen LogP contribution is 2.08. The molecule has 0 aliphatic heterocycles. The fraction of sp³-hybridized carbons (Fsp3) is 0. The number of aromatic amines is 2. The lowest BCUT2D eigenvalue weighted by Gasteiger charge is -1.97. The summed E-state index contributed by atoms with van der Waals surface area (Å²) in [6.45, 7) is 0. The number of hydrogen-bond acceptors (Lipinski definition) is 3. The average Bonchev–Trinajstić information content (AvgIpc) is 2.69. The van der Waals surface area contributed by atoms with Gasteiger partial charge in [0.05, 0.1) is 5.69 Å². The molecular weight excluding hydrogens is 198 g/mol. The van der Waals surface area contributed by atoms with Gasteiger partial charge < -0.3 is 15.1 Å². The molecule has 0 saturated heterocycles. The SMILES string of the molecule is O=C(O)c1ccc(-c2ncc[nH]2)[nH]c1=O. The minimum Gasteiger partial charge on any atom is -0.477 e. The predicted molar refractivity (Wildman–Crippen MR) is 51.6 cm³/mol. The third-order valence-electron chi connectivity index (χ3n) is 1.89. The van der Waals surface area contributed by atoms with E-state index in [9.17, 15) is 9.59 Å². The van der Waals surface area contributed by atoms with Gasteiger partial charge in [0.2, 0.25) is 0 Å². The minimum atomic E-state index is -1.25. The largest absolute Gasteiger partial charge is 0.477 e. The molecule has 2 rings (SSSR count). The summed E-state index contributed by atoms with van der Waals surface area (Å²) in [5, 5.41) is 8.64. The van der Waals surface area contributed by atoms with E-state index < -0.39 is 11.5 Å². The van der Waals surface area contributed by atoms with E-state index in [1.165, 1.54) is 12.1 Å². The number of pyridine rings is 1. The van der Waals surface area contributed by atoms with E-state index in [1.54, 1.807) is 12.4 Å². The van der Waals surface area contributed by atoms with Gasteiger partial charge in [-0.3, -0.25) is 4.79 Å². The summed E-state index contributed by atoms with van der Waals surface area (Å²) in [5.41, 5.74) is -0.475. The molecule has 0 bridgehead atoms. The van der Waals surface area contributed by atoms with E-state index in [4.69, 9.17) is 5.11 Å². The Labute approximate surface area is 83.6 Å². The van der Waals surface area contributed by atoms with Crippen molar-refractivity contribution in [2.75, 3.05) is 0 Å². The molecule has 0 spiro atoms. The Morgan fingerprint density at radius 1 is 1.40 bits per heavy atom. The second-order valence-corrected chi connectivity index (χ2v) is 2.86. The molecule has 0 saturated carbocycles. The molecule has 0 atom stereocenters. The second-order valence-electron chi connectivity index (χ2n) is 2.86. The van der Waals surface area contributed by atoms with Gasteiger partial charge in [-0.15, -0.1) is 0 Å². The number of carboxylic acids is 1. The van der Waals surface area contributed by atoms with E-state index in [2.05, 4.69) is 15.0 Å². The van der Waals surface area contributed by atoms with Crippen molar-refractivity contribution < 1.29 is 9.90 Å². The number of nitrogens with one attached hydrogen (secondary N) is 2. The minimum absolute atomic E-state index is 0.287. The number of aromatic carboxylic acids is 1. The summed E-state index contributed by atoms with van der Waals surface area (Å²) in [4.78, 5) is 31.0. The van der Waals surface area contributed by atoms with Gasteiger partial charge in [0.15, 0.2) is 5.82 Å². The number of hydrogen-bond donors (Lipinski definition) is 3. The molecule has 0 aliphatic rings. The van der Waals surface area contributed by atoms with Crippen LogP contribution in [-0.2, 0) is 0 Å². The van der Waals surface area contributed by atoms with Gasteiger partial charge in [0.25, 0.3) is 5.56 Å². The summed E-state index contributed by atoms with van der Waals surface area (Å²) in [7, 11) is 0. The van der Waals surface area contributed by atoms with Crippen LogP contribution in [0, 0.1) is 0 Å². The third kappa shape index (κ3) is 1.64. The van der Waals surface area contributed by atoms with Crippen molar-refractivity contribution in [3.8, 4) is 11.5 Å². The Morgan fingerprint density at radius 3 is 2.73 bits per heavy atom. The Kier molecular flexibility index (Phi) is 2.09. The molecular formula is C9H7N3O3. The van der Waals surface area contributed by atoms with Crippen LogP contribution in [0.4, 0.5) is 0 Å². The van der Waals surface area contributed by atoms with Crippen LogP contribution in [0.2, 0.25) is 0 Å². The highest BCUT2D eigenvalue weighted by Gasteiger charge is 2.09. The maximum atomic E-state index is 11.3. The van der Waals surface area contributed by atoms with Gasteiger partial charge in [-0.1, -0.05) is 0 Å². The molecule has 2 aromatic heterocycles. The number of H-pyrrole nitrogens is 2. The van der Waals surface area contributed by atoms with Crippen molar-refractivity contribution in [1.82, 2.24) is 15.0 Å². The lowest BCUT2D eigenvalue weighted by molar-refractivity contribution is 0.0695. The number of imidazole rings is 1. The maximum Gasteiger partial charge on any atom is 0.341 e. The number of rotatable bonds is 2. The number of nitrogens with zero attached hydrogens (tertiary/aromatic N) is 1. The highest BCUT2D eigenvalue weighted by atomic mass is 16.4. The van der Waals surface area contributed by atoms with E-state index in [0.29, 0.717) is 11.5 Å². The molecule has 3 N–H and O–H groups in total. The number of carbonyl (C=O) groups is 1. The van der Waals surface area contributed by atoms with Crippen LogP contribution in [0.25, 0.3) is 11.5 Å². The monoisotopic (exact) mass is 205 g/mol. The molecule has 76 valence electrons. The van der Waals surface area contributed by atoms with E-state index in [1.807, 2.05) is 0 Å². The normalized spacial score (nSPS) is 10.1. The van der Waals surface area contributed by atoms with Crippen LogP contribution >= 0.6 is 0 Å². The molecule has 6 nitrogen and oxygen atoms in total. The molecule has 2 aromatic rings. The number of carboxylic acid groups (broad SMARTS) is 1. The Hall–Kier alpha value is -2.37. The van der Waals surface area contributed by atoms with E-state index >= 15 is 0 Å². The van der Waals surface area contributed by atoms with Gasteiger partial charge in [-0.2, -0.15) is 0 Å². The van der Waals surface area contributed by atoms with Crippen LogP contribution in [0.5, 0.6) is 0 Å². The predicted octanol–water partition coefficient (Wildman–Crippen LogP) is 0.463. The Bertz CT molecular complexity index is 542. The molecule has 2 heterocycles. The summed E-state index contributed by atoms with van der Waals surface area (Å²) in [6, 6.07) is 2.74. The van der Waals surface area contributed by atoms with Gasteiger partial charge >= 0.3 is 5.97 Å². The van der Waals surface area contributed by atoms with Gasteiger partial charge in [-0.05, 0) is 12.1 Å². The zero-order valence-corrected chi connectivity index (χ0v) is 7.52. The standard InChI is InChI=1S/C9H7N3O3/c13-8-5(9(14)15)1-2-6(12-8)7-10-3-4-11-7/h1-4H,(H,10,11)(H,12,13)(H,14,15). The van der Waals surface area contributed by atoms with Crippen molar-refractivity contribution >= 4 is 5.97 Å². The van der Waals surface area contributed by atoms with Crippen LogP contribution in [0.1, 0.15) is 10.4 Å². The Morgan fingerprint density at radius 2 is 2.20 bits per heavy atom. The van der Waals surface area contributed by atoms with Crippen LogP contribution in [-0.4, -0.2) is 26.0 Å². The van der Waals surface area contributed by atoms with Crippen molar-refractivity contribution in [3.05, 3.63) is 40.4 Å². The van der Waals surface area contributed by atoms with Crippen molar-refractivity contribution in [2.24, 2.45) is 0 Å². The summed E-state index contributed by atoms with van der Waals surface area (Å²) in [5.74, 6) is -0.758. The van der Waals surface area contributed by atoms with Gasteiger partial charge in [0, 0.05) is 12.4 Å². The summed E-state index contributed by atoms with van der Waals surface area (Å²) in [6.07, 6.45) is 3.15. The highest BCUT2D eigenvalue weighted by molar-refractivity contribution is 5.87. The first-order valence-corrected chi connectivity index (χ1v) is 4.15. The lowest BCUT2D eigenvalue weighted by atomic mass is 10.2. The topological polar surface area (TPSA) is 98.8 Å². The second kappa shape index (κ2) is 3.41. The van der Waals surface area contributed by atoms with Crippen LogP contribution in [0.15, 0.2) is 29.3 Å². The van der Waals surface area contributed by atoms with E-state index in [0.717, 1.165) is 0 Å². The van der Waals surface area contributed by atoms with Crippen molar-refractivity contribution in [3.63, 3.8) is 0 Å². The molecule has 0 aromatic carbocycles. The Balaban J connectivity index is 2.52. The first-order chi connectivity index (χ1) is 7.18. The third-order valence-corrected chi connectivity index (χ3v) is 1.89. The van der Waals surface area contributed by atoms with Crippen molar-refractivity contribution in [1.29, 1.82) is 0 Å². The zero-order valence-electron chi connectivity index (χ0n) is 7.52. The molecule has 0 unspecified atom stereocenters.